The van der Waals surface area contributed by atoms with Crippen LogP contribution in [0, 0.1) is 0 Å². The molecule has 2 rings (SSSR count). The van der Waals surface area contributed by atoms with Gasteiger partial charge >= 0.3 is 0 Å². The first-order valence-corrected chi connectivity index (χ1v) is 8.22. The van der Waals surface area contributed by atoms with Crippen LogP contribution in [0.3, 0.4) is 0 Å². The predicted octanol–water partition coefficient (Wildman–Crippen LogP) is 2.72. The first-order valence-electron chi connectivity index (χ1n) is 8.22. The van der Waals surface area contributed by atoms with Gasteiger partial charge in [0, 0.05) is 30.3 Å². The van der Waals surface area contributed by atoms with Gasteiger partial charge in [-0.1, -0.05) is 18.2 Å². The van der Waals surface area contributed by atoms with E-state index in [1.807, 2.05) is 50.2 Å². The largest absolute Gasteiger partial charge is 0.497 e. The molecule has 3 N–H and O–H groups in total. The van der Waals surface area contributed by atoms with Crippen molar-refractivity contribution in [3.05, 3.63) is 59.7 Å². The lowest BCUT2D eigenvalue weighted by Gasteiger charge is -2.19. The number of hydrazine groups is 1. The maximum atomic E-state index is 12.5. The lowest BCUT2D eigenvalue weighted by atomic mass is 10.1. The van der Waals surface area contributed by atoms with Crippen molar-refractivity contribution in [1.82, 2.24) is 10.3 Å². The van der Waals surface area contributed by atoms with Crippen molar-refractivity contribution in [1.29, 1.82) is 0 Å². The minimum Gasteiger partial charge on any atom is -0.497 e. The normalized spacial score (nSPS) is 11.1. The number of nitrogens with zero attached hydrogens (tertiary/aromatic N) is 2. The van der Waals surface area contributed by atoms with Crippen molar-refractivity contribution < 1.29 is 9.53 Å². The minimum absolute atomic E-state index is 0.00963. The quantitative estimate of drug-likeness (QED) is 0.367. The van der Waals surface area contributed by atoms with E-state index in [4.69, 9.17) is 10.6 Å². The fourth-order valence-corrected chi connectivity index (χ4v) is 2.48. The number of benzene rings is 2. The van der Waals surface area contributed by atoms with E-state index in [-0.39, 0.29) is 5.91 Å². The van der Waals surface area contributed by atoms with Crippen LogP contribution >= 0.6 is 0 Å². The standard InChI is InChI=1S/C19H24N4O2/c1-4-23(5-2)19(24)15-9-6-8-14(12-15)18(22-20)21-16-10-7-11-17(13-16)25-3/h6-13H,4-5,20H2,1-3H3,(H,21,22). The van der Waals surface area contributed by atoms with E-state index in [0.717, 1.165) is 5.56 Å². The van der Waals surface area contributed by atoms with Crippen LogP contribution in [0.2, 0.25) is 0 Å². The van der Waals surface area contributed by atoms with E-state index >= 15 is 0 Å². The second kappa shape index (κ2) is 8.84. The van der Waals surface area contributed by atoms with Crippen LogP contribution in [0.5, 0.6) is 5.75 Å². The summed E-state index contributed by atoms with van der Waals surface area (Å²) in [6.07, 6.45) is 0. The number of nitrogens with two attached hydrogens (primary N) is 1. The molecule has 0 atom stereocenters. The van der Waals surface area contributed by atoms with E-state index in [2.05, 4.69) is 10.4 Å². The van der Waals surface area contributed by atoms with Crippen molar-refractivity contribution in [2.45, 2.75) is 13.8 Å². The minimum atomic E-state index is -0.00963. The number of hydrogen-bond donors (Lipinski definition) is 2. The monoisotopic (exact) mass is 340 g/mol. The lowest BCUT2D eigenvalue weighted by Crippen LogP contribution is -2.32. The average molecular weight is 340 g/mol. The molecule has 25 heavy (non-hydrogen) atoms. The summed E-state index contributed by atoms with van der Waals surface area (Å²) >= 11 is 0. The number of rotatable bonds is 6. The summed E-state index contributed by atoms with van der Waals surface area (Å²) in [6.45, 7) is 5.25. The number of carbonyl (C=O) groups is 1. The van der Waals surface area contributed by atoms with Gasteiger partial charge in [0.25, 0.3) is 5.91 Å². The van der Waals surface area contributed by atoms with Gasteiger partial charge < -0.3 is 15.1 Å². The second-order valence-corrected chi connectivity index (χ2v) is 5.36. The second-order valence-electron chi connectivity index (χ2n) is 5.36. The molecule has 0 heterocycles. The number of amidine groups is 1. The van der Waals surface area contributed by atoms with E-state index < -0.39 is 0 Å². The molecule has 0 aliphatic rings. The van der Waals surface area contributed by atoms with Gasteiger partial charge in [-0.3, -0.25) is 4.79 Å². The van der Waals surface area contributed by atoms with Crippen molar-refractivity contribution in [3.63, 3.8) is 0 Å². The van der Waals surface area contributed by atoms with E-state index in [9.17, 15) is 4.79 Å². The van der Waals surface area contributed by atoms with Gasteiger partial charge in [-0.25, -0.2) is 10.8 Å². The fourth-order valence-electron chi connectivity index (χ4n) is 2.48. The molecule has 2 aromatic carbocycles. The summed E-state index contributed by atoms with van der Waals surface area (Å²) in [5, 5.41) is 0. The summed E-state index contributed by atoms with van der Waals surface area (Å²) < 4.78 is 5.21. The maximum absolute atomic E-state index is 12.5. The molecular weight excluding hydrogens is 316 g/mol. The summed E-state index contributed by atoms with van der Waals surface area (Å²) in [6, 6.07) is 14.6. The number of ether oxygens (including phenoxy) is 1. The number of hydrogen-bond acceptors (Lipinski definition) is 4. The van der Waals surface area contributed by atoms with Gasteiger partial charge in [0.05, 0.1) is 12.8 Å². The van der Waals surface area contributed by atoms with Gasteiger partial charge in [-0.15, -0.1) is 0 Å². The van der Waals surface area contributed by atoms with E-state index in [0.29, 0.717) is 35.9 Å². The highest BCUT2D eigenvalue weighted by Crippen LogP contribution is 2.20. The number of aliphatic imine (C=N–C) groups is 1. The van der Waals surface area contributed by atoms with Crippen molar-refractivity contribution in [3.8, 4) is 5.75 Å². The smallest absolute Gasteiger partial charge is 0.253 e. The molecule has 132 valence electrons. The van der Waals surface area contributed by atoms with Gasteiger partial charge in [-0.05, 0) is 38.1 Å². The first kappa shape index (κ1) is 18.5. The maximum Gasteiger partial charge on any atom is 0.253 e. The summed E-state index contributed by atoms with van der Waals surface area (Å²) in [4.78, 5) is 18.8. The summed E-state index contributed by atoms with van der Waals surface area (Å²) in [5.74, 6) is 6.83. The topological polar surface area (TPSA) is 80.0 Å². The van der Waals surface area contributed by atoms with Crippen LogP contribution in [0.1, 0.15) is 29.8 Å². The molecule has 0 aromatic heterocycles. The SMILES string of the molecule is CCN(CC)C(=O)c1cccc(C(=Nc2cccc(OC)c2)NN)c1. The molecule has 0 unspecified atom stereocenters. The molecule has 0 aliphatic heterocycles. The molecule has 0 aliphatic carbocycles. The molecule has 0 fully saturated rings. The number of nitrogens with one attached hydrogen (secondary N) is 1. The molecule has 1 amide bonds. The Hall–Kier alpha value is -2.86. The van der Waals surface area contributed by atoms with E-state index in [1.165, 1.54) is 0 Å². The first-order chi connectivity index (χ1) is 12.1. The summed E-state index contributed by atoms with van der Waals surface area (Å²) in [5.41, 5.74) is 4.66. The number of methoxy groups -OCH3 is 1. The number of amides is 1. The molecule has 0 spiro atoms. The lowest BCUT2D eigenvalue weighted by molar-refractivity contribution is 0.0773. The predicted molar refractivity (Wildman–Crippen MR) is 100 cm³/mol. The molecular formula is C19H24N4O2. The highest BCUT2D eigenvalue weighted by molar-refractivity contribution is 6.03. The van der Waals surface area contributed by atoms with Crippen LogP contribution < -0.4 is 16.0 Å². The molecule has 2 aromatic rings. The van der Waals surface area contributed by atoms with Crippen LogP contribution in [0.15, 0.2) is 53.5 Å². The Bertz CT molecular complexity index is 755. The Kier molecular flexibility index (Phi) is 6.54. The average Bonchev–Trinajstić information content (AvgIpc) is 2.67. The Balaban J connectivity index is 2.36. The molecule has 6 heteroatoms. The van der Waals surface area contributed by atoms with Crippen LogP contribution in [0.4, 0.5) is 5.69 Å². The van der Waals surface area contributed by atoms with E-state index in [1.54, 1.807) is 24.1 Å². The molecule has 0 saturated heterocycles. The van der Waals surface area contributed by atoms with Crippen molar-refractivity contribution in [2.75, 3.05) is 20.2 Å². The number of carbonyl (C=O) groups excluding carboxylic acids is 1. The highest BCUT2D eigenvalue weighted by Gasteiger charge is 2.14. The zero-order valence-corrected chi connectivity index (χ0v) is 14.8. The van der Waals surface area contributed by atoms with Crippen LogP contribution in [0.25, 0.3) is 0 Å². The zero-order chi connectivity index (χ0) is 18.2. The fraction of sp³-hybridized carbons (Fsp3) is 0.263. The Morgan fingerprint density at radius 2 is 1.80 bits per heavy atom. The van der Waals surface area contributed by atoms with Crippen LogP contribution in [-0.2, 0) is 0 Å². The highest BCUT2D eigenvalue weighted by atomic mass is 16.5. The summed E-state index contributed by atoms with van der Waals surface area (Å²) in [7, 11) is 1.60. The molecule has 0 saturated carbocycles. The zero-order valence-electron chi connectivity index (χ0n) is 14.8. The third-order valence-corrected chi connectivity index (χ3v) is 3.86. The third-order valence-electron chi connectivity index (χ3n) is 3.86. The van der Waals surface area contributed by atoms with Gasteiger partial charge in [-0.2, -0.15) is 0 Å². The Labute approximate surface area is 148 Å². The molecule has 0 radical (unpaired) electrons. The van der Waals surface area contributed by atoms with Crippen molar-refractivity contribution >= 4 is 17.4 Å². The molecule has 0 bridgehead atoms. The molecule has 6 nitrogen and oxygen atoms in total. The van der Waals surface area contributed by atoms with Gasteiger partial charge in [0.1, 0.15) is 11.6 Å². The Morgan fingerprint density at radius 1 is 1.12 bits per heavy atom. The van der Waals surface area contributed by atoms with Crippen molar-refractivity contribution in [2.24, 2.45) is 10.8 Å². The van der Waals surface area contributed by atoms with Gasteiger partial charge in [0.15, 0.2) is 0 Å². The van der Waals surface area contributed by atoms with Crippen LogP contribution in [-0.4, -0.2) is 36.8 Å². The third kappa shape index (κ3) is 4.58. The van der Waals surface area contributed by atoms with Gasteiger partial charge in [0.2, 0.25) is 0 Å². The Morgan fingerprint density at radius 3 is 2.44 bits per heavy atom.